The normalized spacial score (nSPS) is 11.3. The molecule has 0 aliphatic carbocycles. The fourth-order valence-electron chi connectivity index (χ4n) is 1.27. The van der Waals surface area contributed by atoms with Gasteiger partial charge in [-0.25, -0.2) is 17.5 Å². The maximum Gasteiger partial charge on any atom is 0.238 e. The van der Waals surface area contributed by atoms with E-state index in [1.807, 2.05) is 0 Å². The van der Waals surface area contributed by atoms with E-state index in [9.17, 15) is 17.6 Å². The van der Waals surface area contributed by atoms with Crippen LogP contribution in [-0.2, 0) is 14.8 Å². The zero-order valence-electron chi connectivity index (χ0n) is 10.4. The highest BCUT2D eigenvalue weighted by Gasteiger charge is 2.03. The second-order valence-electron chi connectivity index (χ2n) is 3.90. The monoisotopic (exact) mass is 289 g/mol. The van der Waals surface area contributed by atoms with Crippen LogP contribution in [0.3, 0.4) is 0 Å². The van der Waals surface area contributed by atoms with E-state index in [1.165, 1.54) is 24.3 Å². The molecule has 0 aromatic heterocycles. The summed E-state index contributed by atoms with van der Waals surface area (Å²) < 4.78 is 36.4. The van der Waals surface area contributed by atoms with Crippen molar-refractivity contribution >= 4 is 21.6 Å². The van der Waals surface area contributed by atoms with Gasteiger partial charge in [0.05, 0.1) is 12.8 Å². The highest BCUT2D eigenvalue weighted by Crippen LogP contribution is 2.07. The molecular weight excluding hydrogens is 273 g/mol. The highest BCUT2D eigenvalue weighted by molar-refractivity contribution is 7.88. The van der Waals surface area contributed by atoms with E-state index >= 15 is 0 Å². The summed E-state index contributed by atoms with van der Waals surface area (Å²) in [6, 6.07) is 5.41. The van der Waals surface area contributed by atoms with Gasteiger partial charge in [-0.2, -0.15) is 0 Å². The van der Waals surface area contributed by atoms with Gasteiger partial charge >= 0.3 is 0 Å². The molecule has 0 saturated carbocycles. The third-order valence-electron chi connectivity index (χ3n) is 2.08. The van der Waals surface area contributed by atoms with Crippen molar-refractivity contribution < 1.29 is 17.6 Å². The van der Waals surface area contributed by atoms with E-state index in [-0.39, 0.29) is 24.8 Å². The van der Waals surface area contributed by atoms with E-state index in [2.05, 4.69) is 15.4 Å². The van der Waals surface area contributed by atoms with Gasteiger partial charge in [0.1, 0.15) is 5.82 Å². The maximum atomic E-state index is 12.6. The van der Waals surface area contributed by atoms with E-state index in [1.54, 1.807) is 0 Å². The Morgan fingerprint density at radius 3 is 2.42 bits per heavy atom. The number of nitrogens with one attached hydrogen (secondary N) is 3. The standard InChI is InChI=1S/C11H16FN3O3S/c1-19(17,18)14-7-6-13-8-11(16)15-10-4-2-9(12)3-5-10/h2-5,13-14H,6-8H2,1H3,(H,15,16). The Morgan fingerprint density at radius 2 is 1.84 bits per heavy atom. The van der Waals surface area contributed by atoms with E-state index in [0.29, 0.717) is 12.2 Å². The second kappa shape index (κ2) is 7.17. The van der Waals surface area contributed by atoms with Crippen LogP contribution < -0.4 is 15.4 Å². The number of anilines is 1. The van der Waals surface area contributed by atoms with Crippen molar-refractivity contribution in [3.05, 3.63) is 30.1 Å². The van der Waals surface area contributed by atoms with Gasteiger partial charge in [0.25, 0.3) is 0 Å². The third kappa shape index (κ3) is 7.50. The first-order valence-electron chi connectivity index (χ1n) is 5.57. The van der Waals surface area contributed by atoms with Crippen molar-refractivity contribution in [2.45, 2.75) is 0 Å². The molecule has 0 heterocycles. The summed E-state index contributed by atoms with van der Waals surface area (Å²) in [7, 11) is -3.20. The number of carbonyl (C=O) groups is 1. The molecule has 0 saturated heterocycles. The Labute approximate surface area is 111 Å². The van der Waals surface area contributed by atoms with E-state index in [4.69, 9.17) is 0 Å². The SMILES string of the molecule is CS(=O)(=O)NCCNCC(=O)Nc1ccc(F)cc1. The minimum Gasteiger partial charge on any atom is -0.325 e. The Morgan fingerprint density at radius 1 is 1.21 bits per heavy atom. The van der Waals surface area contributed by atoms with Crippen LogP contribution in [0.4, 0.5) is 10.1 Å². The largest absolute Gasteiger partial charge is 0.325 e. The summed E-state index contributed by atoms with van der Waals surface area (Å²) in [5.41, 5.74) is 0.502. The van der Waals surface area contributed by atoms with Crippen LogP contribution in [0.25, 0.3) is 0 Å². The Kier molecular flexibility index (Phi) is 5.87. The molecule has 1 rings (SSSR count). The van der Waals surface area contributed by atoms with Crippen LogP contribution in [0.15, 0.2) is 24.3 Å². The van der Waals surface area contributed by atoms with Gasteiger partial charge in [-0.1, -0.05) is 0 Å². The van der Waals surface area contributed by atoms with Crippen molar-refractivity contribution in [2.24, 2.45) is 0 Å². The van der Waals surface area contributed by atoms with E-state index < -0.39 is 10.0 Å². The summed E-state index contributed by atoms with van der Waals surface area (Å²) in [4.78, 5) is 11.5. The number of benzene rings is 1. The van der Waals surface area contributed by atoms with Crippen LogP contribution >= 0.6 is 0 Å². The van der Waals surface area contributed by atoms with Gasteiger partial charge in [0, 0.05) is 18.8 Å². The maximum absolute atomic E-state index is 12.6. The fourth-order valence-corrected chi connectivity index (χ4v) is 1.74. The smallest absolute Gasteiger partial charge is 0.238 e. The van der Waals surface area contributed by atoms with Crippen LogP contribution in [0.2, 0.25) is 0 Å². The van der Waals surface area contributed by atoms with Gasteiger partial charge in [-0.15, -0.1) is 0 Å². The summed E-state index contributed by atoms with van der Waals surface area (Å²) in [5, 5.41) is 5.35. The molecule has 0 radical (unpaired) electrons. The number of rotatable bonds is 7. The molecule has 0 fully saturated rings. The number of amides is 1. The van der Waals surface area contributed by atoms with Crippen LogP contribution in [0.1, 0.15) is 0 Å². The Balaban J connectivity index is 2.20. The summed E-state index contributed by atoms with van der Waals surface area (Å²) >= 11 is 0. The summed E-state index contributed by atoms with van der Waals surface area (Å²) in [5.74, 6) is -0.658. The van der Waals surface area contributed by atoms with E-state index in [0.717, 1.165) is 6.26 Å². The lowest BCUT2D eigenvalue weighted by Crippen LogP contribution is -2.35. The molecule has 0 aliphatic heterocycles. The van der Waals surface area contributed by atoms with Crippen molar-refractivity contribution in [3.63, 3.8) is 0 Å². The highest BCUT2D eigenvalue weighted by atomic mass is 32.2. The molecular formula is C11H16FN3O3S. The Hall–Kier alpha value is -1.51. The topological polar surface area (TPSA) is 87.3 Å². The summed E-state index contributed by atoms with van der Waals surface area (Å²) in [6.07, 6.45) is 1.06. The molecule has 0 unspecified atom stereocenters. The van der Waals surface area contributed by atoms with Crippen LogP contribution in [-0.4, -0.2) is 40.2 Å². The summed E-state index contributed by atoms with van der Waals surface area (Å²) in [6.45, 7) is 0.593. The predicted molar refractivity (Wildman–Crippen MR) is 70.7 cm³/mol. The number of hydrogen-bond acceptors (Lipinski definition) is 4. The second-order valence-corrected chi connectivity index (χ2v) is 5.73. The quantitative estimate of drug-likeness (QED) is 0.612. The van der Waals surface area contributed by atoms with Crippen LogP contribution in [0, 0.1) is 5.82 Å². The van der Waals surface area contributed by atoms with Crippen molar-refractivity contribution in [2.75, 3.05) is 31.2 Å². The minimum absolute atomic E-state index is 0.0445. The van der Waals surface area contributed by atoms with Gasteiger partial charge in [0.2, 0.25) is 15.9 Å². The molecule has 3 N–H and O–H groups in total. The van der Waals surface area contributed by atoms with Gasteiger partial charge < -0.3 is 10.6 Å². The van der Waals surface area contributed by atoms with Crippen molar-refractivity contribution in [1.82, 2.24) is 10.0 Å². The predicted octanol–water partition coefficient (Wildman–Crippen LogP) is -0.0970. The zero-order valence-corrected chi connectivity index (χ0v) is 11.3. The van der Waals surface area contributed by atoms with Crippen molar-refractivity contribution in [3.8, 4) is 0 Å². The van der Waals surface area contributed by atoms with Gasteiger partial charge in [0.15, 0.2) is 0 Å². The first kappa shape index (κ1) is 15.5. The molecule has 6 nitrogen and oxygen atoms in total. The molecule has 1 aromatic rings. The van der Waals surface area contributed by atoms with Crippen molar-refractivity contribution in [1.29, 1.82) is 0 Å². The average molecular weight is 289 g/mol. The fraction of sp³-hybridized carbons (Fsp3) is 0.364. The zero-order chi connectivity index (χ0) is 14.3. The van der Waals surface area contributed by atoms with Crippen LogP contribution in [0.5, 0.6) is 0 Å². The number of sulfonamides is 1. The lowest BCUT2D eigenvalue weighted by Gasteiger charge is -2.07. The minimum atomic E-state index is -3.20. The molecule has 0 atom stereocenters. The third-order valence-corrected chi connectivity index (χ3v) is 2.81. The first-order chi connectivity index (χ1) is 8.87. The lowest BCUT2D eigenvalue weighted by atomic mass is 10.3. The Bertz CT molecular complexity index is 516. The number of carbonyl (C=O) groups excluding carboxylic acids is 1. The number of hydrogen-bond donors (Lipinski definition) is 3. The molecule has 1 aromatic carbocycles. The molecule has 0 aliphatic rings. The molecule has 8 heteroatoms. The molecule has 0 spiro atoms. The lowest BCUT2D eigenvalue weighted by molar-refractivity contribution is -0.115. The van der Waals surface area contributed by atoms with Gasteiger partial charge in [-0.05, 0) is 24.3 Å². The molecule has 1 amide bonds. The molecule has 106 valence electrons. The molecule has 19 heavy (non-hydrogen) atoms. The number of halogens is 1. The first-order valence-corrected chi connectivity index (χ1v) is 7.47. The van der Waals surface area contributed by atoms with Gasteiger partial charge in [-0.3, -0.25) is 4.79 Å². The average Bonchev–Trinajstić information content (AvgIpc) is 2.30. The molecule has 0 bridgehead atoms.